The number of nitrogens with zero attached hydrogens (tertiary/aromatic N) is 4. The summed E-state index contributed by atoms with van der Waals surface area (Å²) in [4.78, 5) is 8.63. The van der Waals surface area contributed by atoms with Gasteiger partial charge in [-0.2, -0.15) is 22.7 Å². The van der Waals surface area contributed by atoms with Crippen LogP contribution in [0.4, 0.5) is 0 Å². The average molecular weight is 418 g/mol. The molecule has 27 heavy (non-hydrogen) atoms. The lowest BCUT2D eigenvalue weighted by Crippen LogP contribution is -2.13. The number of aromatic nitrogens is 4. The third-order valence-electron chi connectivity index (χ3n) is 4.43. The molecule has 0 amide bonds. The van der Waals surface area contributed by atoms with Gasteiger partial charge in [-0.25, -0.2) is 9.67 Å². The van der Waals surface area contributed by atoms with Gasteiger partial charge in [0.05, 0.1) is 18.0 Å². The van der Waals surface area contributed by atoms with Crippen molar-refractivity contribution < 1.29 is 25.5 Å². The summed E-state index contributed by atoms with van der Waals surface area (Å²) in [6, 6.07) is 0.157. The zero-order chi connectivity index (χ0) is 19.8. The molecule has 0 aliphatic heterocycles. The highest BCUT2D eigenvalue weighted by Crippen LogP contribution is 2.36. The number of aryl methyl sites for hydroxylation is 1. The summed E-state index contributed by atoms with van der Waals surface area (Å²) < 4.78 is 55.2. The molecule has 0 radical (unpaired) electrons. The Hall–Kier alpha value is -1.63. The minimum atomic E-state index is -3.85. The van der Waals surface area contributed by atoms with Crippen molar-refractivity contribution in [1.29, 1.82) is 0 Å². The van der Waals surface area contributed by atoms with E-state index >= 15 is 0 Å². The Morgan fingerprint density at radius 2 is 2.00 bits per heavy atom. The normalized spacial score (nSPS) is 18.1. The predicted molar refractivity (Wildman–Crippen MR) is 97.9 cm³/mol. The van der Waals surface area contributed by atoms with Crippen LogP contribution in [0.15, 0.2) is 0 Å². The molecule has 3 rings (SSSR count). The molecule has 0 saturated heterocycles. The minimum absolute atomic E-state index is 0.0466. The maximum Gasteiger partial charge on any atom is 0.307 e. The van der Waals surface area contributed by atoms with Crippen molar-refractivity contribution >= 4 is 32.5 Å². The van der Waals surface area contributed by atoms with Crippen molar-refractivity contribution in [3.8, 4) is 5.88 Å². The lowest BCUT2D eigenvalue weighted by molar-refractivity contribution is 0.217. The van der Waals surface area contributed by atoms with Crippen LogP contribution in [0.3, 0.4) is 0 Å². The van der Waals surface area contributed by atoms with E-state index in [0.29, 0.717) is 23.1 Å². The monoisotopic (exact) mass is 418 g/mol. The summed E-state index contributed by atoms with van der Waals surface area (Å²) in [5, 5.41) is 5.07. The number of rotatable bonds is 7. The summed E-state index contributed by atoms with van der Waals surface area (Å²) in [6.07, 6.45) is 4.60. The quantitative estimate of drug-likeness (QED) is 0.529. The van der Waals surface area contributed by atoms with E-state index < -0.39 is 27.6 Å². The van der Waals surface area contributed by atoms with Gasteiger partial charge in [-0.15, -0.1) is 0 Å². The molecule has 10 nitrogen and oxygen atoms in total. The van der Waals surface area contributed by atoms with Crippen LogP contribution >= 0.6 is 0 Å². The van der Waals surface area contributed by atoms with Crippen LogP contribution in [0.5, 0.6) is 5.88 Å². The van der Waals surface area contributed by atoms with E-state index in [-0.39, 0.29) is 17.7 Å². The summed E-state index contributed by atoms with van der Waals surface area (Å²) in [6.45, 7) is 3.40. The second-order valence-corrected chi connectivity index (χ2v) is 8.71. The molecular formula is C15H22N4O6S2. The first kappa shape index (κ1) is 20.1. The van der Waals surface area contributed by atoms with Gasteiger partial charge in [0.15, 0.2) is 11.5 Å². The molecule has 2 atom stereocenters. The SMILES string of the molecule is CCc1nn(C2CCCC2)c2nc(C(C)OS(=O)O)nc(OS(C)(=O)=O)c12. The van der Waals surface area contributed by atoms with Gasteiger partial charge in [0.1, 0.15) is 11.5 Å². The van der Waals surface area contributed by atoms with Crippen LogP contribution in [0.25, 0.3) is 11.0 Å². The summed E-state index contributed by atoms with van der Waals surface area (Å²) in [7, 11) is -3.85. The van der Waals surface area contributed by atoms with Crippen LogP contribution in [0, 0.1) is 0 Å². The van der Waals surface area contributed by atoms with Gasteiger partial charge >= 0.3 is 21.5 Å². The highest BCUT2D eigenvalue weighted by atomic mass is 32.2. The first-order valence-corrected chi connectivity index (χ1v) is 11.5. The largest absolute Gasteiger partial charge is 0.361 e. The zero-order valence-corrected chi connectivity index (χ0v) is 16.9. The van der Waals surface area contributed by atoms with E-state index in [4.69, 9.17) is 12.9 Å². The Kier molecular flexibility index (Phi) is 5.79. The first-order valence-electron chi connectivity index (χ1n) is 8.66. The van der Waals surface area contributed by atoms with Crippen molar-refractivity contribution in [2.45, 2.75) is 58.1 Å². The molecule has 0 bridgehead atoms. The zero-order valence-electron chi connectivity index (χ0n) is 15.3. The van der Waals surface area contributed by atoms with Crippen molar-refractivity contribution in [3.63, 3.8) is 0 Å². The molecule has 1 fully saturated rings. The fourth-order valence-electron chi connectivity index (χ4n) is 3.29. The highest BCUT2D eigenvalue weighted by molar-refractivity contribution is 7.86. The second kappa shape index (κ2) is 7.78. The molecule has 1 saturated carbocycles. The molecule has 12 heteroatoms. The Labute approximate surface area is 159 Å². The molecule has 2 aromatic rings. The van der Waals surface area contributed by atoms with E-state index in [1.165, 1.54) is 6.92 Å². The predicted octanol–water partition coefficient (Wildman–Crippen LogP) is 2.06. The van der Waals surface area contributed by atoms with Crippen molar-refractivity contribution in [1.82, 2.24) is 19.7 Å². The minimum Gasteiger partial charge on any atom is -0.361 e. The van der Waals surface area contributed by atoms with E-state index in [0.717, 1.165) is 31.9 Å². The molecule has 1 aliphatic carbocycles. The Morgan fingerprint density at radius 1 is 1.33 bits per heavy atom. The van der Waals surface area contributed by atoms with Crippen LogP contribution in [0.1, 0.15) is 63.2 Å². The Balaban J connectivity index is 2.23. The highest BCUT2D eigenvalue weighted by Gasteiger charge is 2.28. The lowest BCUT2D eigenvalue weighted by Gasteiger charge is -2.13. The standard InChI is InChI=1S/C15H22N4O6S2/c1-4-11-12-14(19(18-11)10-7-5-6-8-10)16-13(9(2)24-26(20)21)17-15(12)25-27(3,22)23/h9-10H,4-8H2,1-3H3,(H,20,21). The smallest absolute Gasteiger partial charge is 0.307 e. The van der Waals surface area contributed by atoms with Crippen LogP contribution in [-0.2, 0) is 32.1 Å². The maximum atomic E-state index is 11.7. The summed E-state index contributed by atoms with van der Waals surface area (Å²) in [5.41, 5.74) is 1.09. The molecule has 0 spiro atoms. The number of fused-ring (bicyclic) bond motifs is 1. The van der Waals surface area contributed by atoms with Crippen molar-refractivity contribution in [2.24, 2.45) is 0 Å². The van der Waals surface area contributed by atoms with Crippen molar-refractivity contribution in [3.05, 3.63) is 11.5 Å². The van der Waals surface area contributed by atoms with E-state index in [9.17, 15) is 12.6 Å². The summed E-state index contributed by atoms with van der Waals surface area (Å²) in [5.74, 6) is -0.0943. The van der Waals surface area contributed by atoms with Gasteiger partial charge in [-0.05, 0) is 26.2 Å². The van der Waals surface area contributed by atoms with Gasteiger partial charge in [0, 0.05) is 0 Å². The third-order valence-corrected chi connectivity index (χ3v) is 5.35. The van der Waals surface area contributed by atoms with Crippen molar-refractivity contribution in [2.75, 3.05) is 6.26 Å². The molecule has 2 unspecified atom stereocenters. The molecule has 1 aliphatic rings. The molecule has 0 aromatic carbocycles. The van der Waals surface area contributed by atoms with Gasteiger partial charge in [0.25, 0.3) is 0 Å². The van der Waals surface area contributed by atoms with Gasteiger partial charge < -0.3 is 4.18 Å². The Morgan fingerprint density at radius 3 is 2.56 bits per heavy atom. The van der Waals surface area contributed by atoms with E-state index in [1.54, 1.807) is 4.68 Å². The van der Waals surface area contributed by atoms with Gasteiger partial charge in [-0.1, -0.05) is 19.8 Å². The molecular weight excluding hydrogens is 396 g/mol. The fraction of sp³-hybridized carbons (Fsp3) is 0.667. The Bertz CT molecular complexity index is 968. The molecule has 2 aromatic heterocycles. The lowest BCUT2D eigenvalue weighted by atomic mass is 10.2. The van der Waals surface area contributed by atoms with Gasteiger partial charge in [0.2, 0.25) is 5.88 Å². The van der Waals surface area contributed by atoms with Crippen LogP contribution < -0.4 is 4.18 Å². The maximum absolute atomic E-state index is 11.7. The third kappa shape index (κ3) is 4.45. The molecule has 1 N–H and O–H groups in total. The van der Waals surface area contributed by atoms with Crippen LogP contribution in [0.2, 0.25) is 0 Å². The average Bonchev–Trinajstić information content (AvgIpc) is 3.19. The van der Waals surface area contributed by atoms with E-state index in [1.807, 2.05) is 6.92 Å². The van der Waals surface area contributed by atoms with E-state index in [2.05, 4.69) is 15.1 Å². The fourth-order valence-corrected chi connectivity index (χ4v) is 4.03. The summed E-state index contributed by atoms with van der Waals surface area (Å²) >= 11 is -2.52. The molecule has 150 valence electrons. The second-order valence-electron chi connectivity index (χ2n) is 6.51. The van der Waals surface area contributed by atoms with Crippen LogP contribution in [-0.4, -0.2) is 43.2 Å². The number of hydrogen-bond donors (Lipinski definition) is 1. The molecule has 2 heterocycles. The van der Waals surface area contributed by atoms with Gasteiger partial charge in [-0.3, -0.25) is 8.74 Å². The number of hydrogen-bond acceptors (Lipinski definition) is 8. The topological polar surface area (TPSA) is 134 Å². The first-order chi connectivity index (χ1) is 12.7.